The fraction of sp³-hybridized carbons (Fsp3) is 0.400. The second-order valence-corrected chi connectivity index (χ2v) is 5.31. The summed E-state index contributed by atoms with van der Waals surface area (Å²) < 4.78 is 0. The molecule has 1 aliphatic rings. The highest BCUT2D eigenvalue weighted by atomic mass is 16.2. The summed E-state index contributed by atoms with van der Waals surface area (Å²) in [5, 5.41) is 0. The van der Waals surface area contributed by atoms with E-state index in [9.17, 15) is 9.59 Å². The van der Waals surface area contributed by atoms with Crippen LogP contribution in [0.2, 0.25) is 0 Å². The zero-order valence-electron chi connectivity index (χ0n) is 11.4. The molecule has 3 rings (SSSR count). The molecule has 1 saturated heterocycles. The van der Waals surface area contributed by atoms with E-state index in [4.69, 9.17) is 0 Å². The minimum absolute atomic E-state index is 0.0310. The smallest absolute Gasteiger partial charge is 0.253 e. The van der Waals surface area contributed by atoms with Crippen LogP contribution in [0.25, 0.3) is 11.0 Å². The molecule has 2 aromatic rings. The monoisotopic (exact) mass is 271 g/mol. The van der Waals surface area contributed by atoms with Crippen molar-refractivity contribution in [3.05, 3.63) is 30.1 Å². The van der Waals surface area contributed by atoms with Crippen molar-refractivity contribution >= 4 is 22.7 Å². The number of imidazole rings is 1. The Labute approximate surface area is 117 Å². The van der Waals surface area contributed by atoms with Gasteiger partial charge in [-0.1, -0.05) is 0 Å². The predicted octanol–water partition coefficient (Wildman–Crippen LogP) is 2.00. The number of fused-ring (bicyclic) bond motifs is 1. The van der Waals surface area contributed by atoms with E-state index in [1.807, 2.05) is 23.1 Å². The first-order chi connectivity index (χ1) is 9.65. The van der Waals surface area contributed by atoms with Crippen LogP contribution >= 0.6 is 0 Å². The molecule has 0 atom stereocenters. The maximum absolute atomic E-state index is 12.4. The number of benzene rings is 1. The second-order valence-electron chi connectivity index (χ2n) is 5.31. The Kier molecular flexibility index (Phi) is 3.26. The number of hydrogen-bond acceptors (Lipinski definition) is 3. The summed E-state index contributed by atoms with van der Waals surface area (Å²) in [7, 11) is 0. The number of likely N-dealkylation sites (tertiary alicyclic amines) is 1. The van der Waals surface area contributed by atoms with Crippen molar-refractivity contribution < 1.29 is 9.59 Å². The van der Waals surface area contributed by atoms with Crippen molar-refractivity contribution in [1.29, 1.82) is 0 Å². The highest BCUT2D eigenvalue weighted by Crippen LogP contribution is 2.20. The summed E-state index contributed by atoms with van der Waals surface area (Å²) in [5.74, 6) is 0.383. The first kappa shape index (κ1) is 12.8. The minimum Gasteiger partial charge on any atom is -0.345 e. The topological polar surface area (TPSA) is 66.1 Å². The van der Waals surface area contributed by atoms with Crippen LogP contribution < -0.4 is 0 Å². The largest absolute Gasteiger partial charge is 0.345 e. The lowest BCUT2D eigenvalue weighted by molar-refractivity contribution is -0.121. The number of nitrogens with zero attached hydrogens (tertiary/aromatic N) is 2. The number of hydrogen-bond donors (Lipinski definition) is 1. The average Bonchev–Trinajstić information content (AvgIpc) is 2.94. The van der Waals surface area contributed by atoms with E-state index in [0.29, 0.717) is 18.7 Å². The van der Waals surface area contributed by atoms with E-state index in [2.05, 4.69) is 9.97 Å². The maximum Gasteiger partial charge on any atom is 0.253 e. The van der Waals surface area contributed by atoms with Crippen molar-refractivity contribution in [3.8, 4) is 0 Å². The summed E-state index contributed by atoms with van der Waals surface area (Å²) in [6, 6.07) is 5.49. The Bertz CT molecular complexity index is 654. The Morgan fingerprint density at radius 3 is 2.75 bits per heavy atom. The van der Waals surface area contributed by atoms with Crippen LogP contribution in [0.4, 0.5) is 0 Å². The molecular formula is C15H17N3O2. The van der Waals surface area contributed by atoms with Gasteiger partial charge in [0.15, 0.2) is 0 Å². The standard InChI is InChI=1S/C15H17N3O2/c1-10(19)11-4-6-18(7-5-11)15(20)12-2-3-13-14(8-12)17-9-16-13/h2-3,8-9,11H,4-7H2,1H3,(H,16,17). The number of amides is 1. The number of ketones is 1. The number of aromatic nitrogens is 2. The van der Waals surface area contributed by atoms with Gasteiger partial charge in [0, 0.05) is 24.6 Å². The molecule has 1 aromatic heterocycles. The molecule has 2 heterocycles. The van der Waals surface area contributed by atoms with Gasteiger partial charge < -0.3 is 9.88 Å². The SMILES string of the molecule is CC(=O)C1CCN(C(=O)c2ccc3nc[nH]c3c2)CC1. The molecule has 0 spiro atoms. The van der Waals surface area contributed by atoms with Gasteiger partial charge in [0.1, 0.15) is 5.78 Å². The first-order valence-electron chi connectivity index (χ1n) is 6.88. The van der Waals surface area contributed by atoms with Crippen LogP contribution in [-0.4, -0.2) is 39.6 Å². The van der Waals surface area contributed by atoms with Crippen LogP contribution in [0, 0.1) is 5.92 Å². The molecule has 104 valence electrons. The van der Waals surface area contributed by atoms with Gasteiger partial charge in [-0.15, -0.1) is 0 Å². The summed E-state index contributed by atoms with van der Waals surface area (Å²) in [5.41, 5.74) is 2.40. The Morgan fingerprint density at radius 1 is 1.30 bits per heavy atom. The number of nitrogens with one attached hydrogen (secondary N) is 1. The van der Waals surface area contributed by atoms with Crippen molar-refractivity contribution in [3.63, 3.8) is 0 Å². The molecule has 1 amide bonds. The van der Waals surface area contributed by atoms with E-state index < -0.39 is 0 Å². The van der Waals surface area contributed by atoms with Crippen LogP contribution in [0.1, 0.15) is 30.1 Å². The van der Waals surface area contributed by atoms with Crippen molar-refractivity contribution in [2.24, 2.45) is 5.92 Å². The number of H-pyrrole nitrogens is 1. The number of aromatic amines is 1. The van der Waals surface area contributed by atoms with E-state index in [-0.39, 0.29) is 17.6 Å². The Balaban J connectivity index is 1.74. The lowest BCUT2D eigenvalue weighted by Gasteiger charge is -2.30. The third kappa shape index (κ3) is 2.31. The number of carbonyl (C=O) groups excluding carboxylic acids is 2. The first-order valence-corrected chi connectivity index (χ1v) is 6.88. The maximum atomic E-state index is 12.4. The fourth-order valence-electron chi connectivity index (χ4n) is 2.74. The van der Waals surface area contributed by atoms with Crippen LogP contribution in [0.15, 0.2) is 24.5 Å². The normalized spacial score (nSPS) is 16.6. The number of piperidine rings is 1. The number of carbonyl (C=O) groups is 2. The molecule has 20 heavy (non-hydrogen) atoms. The molecule has 5 nitrogen and oxygen atoms in total. The van der Waals surface area contributed by atoms with Crippen molar-refractivity contribution in [1.82, 2.24) is 14.9 Å². The number of rotatable bonds is 2. The van der Waals surface area contributed by atoms with E-state index >= 15 is 0 Å². The molecule has 0 aliphatic carbocycles. The third-order valence-corrected chi connectivity index (χ3v) is 4.02. The lowest BCUT2D eigenvalue weighted by atomic mass is 9.93. The highest BCUT2D eigenvalue weighted by molar-refractivity contribution is 5.97. The molecule has 0 saturated carbocycles. The molecule has 5 heteroatoms. The van der Waals surface area contributed by atoms with Gasteiger partial charge >= 0.3 is 0 Å². The molecule has 0 bridgehead atoms. The lowest BCUT2D eigenvalue weighted by Crippen LogP contribution is -2.39. The molecule has 1 fully saturated rings. The Morgan fingerprint density at radius 2 is 2.05 bits per heavy atom. The molecular weight excluding hydrogens is 254 g/mol. The molecule has 1 aliphatic heterocycles. The summed E-state index contributed by atoms with van der Waals surface area (Å²) in [6.45, 7) is 2.95. The van der Waals surface area contributed by atoms with Crippen LogP contribution in [0.5, 0.6) is 0 Å². The summed E-state index contributed by atoms with van der Waals surface area (Å²) in [6.07, 6.45) is 3.16. The second kappa shape index (κ2) is 5.07. The van der Waals surface area contributed by atoms with Gasteiger partial charge in [-0.25, -0.2) is 4.98 Å². The third-order valence-electron chi connectivity index (χ3n) is 4.02. The van der Waals surface area contributed by atoms with E-state index in [1.165, 1.54) is 0 Å². The van der Waals surface area contributed by atoms with Gasteiger partial charge in [0.25, 0.3) is 5.91 Å². The van der Waals surface area contributed by atoms with Crippen LogP contribution in [-0.2, 0) is 4.79 Å². The average molecular weight is 271 g/mol. The van der Waals surface area contributed by atoms with E-state index in [1.54, 1.807) is 13.3 Å². The van der Waals surface area contributed by atoms with Gasteiger partial charge in [-0.2, -0.15) is 0 Å². The molecule has 0 radical (unpaired) electrons. The highest BCUT2D eigenvalue weighted by Gasteiger charge is 2.25. The summed E-state index contributed by atoms with van der Waals surface area (Å²) in [4.78, 5) is 32.8. The van der Waals surface area contributed by atoms with E-state index in [0.717, 1.165) is 23.9 Å². The zero-order valence-corrected chi connectivity index (χ0v) is 11.4. The summed E-state index contributed by atoms with van der Waals surface area (Å²) >= 11 is 0. The van der Waals surface area contributed by atoms with Crippen LogP contribution in [0.3, 0.4) is 0 Å². The molecule has 1 aromatic carbocycles. The minimum atomic E-state index is 0.0310. The molecule has 0 unspecified atom stereocenters. The van der Waals surface area contributed by atoms with Crippen molar-refractivity contribution in [2.75, 3.05) is 13.1 Å². The Hall–Kier alpha value is -2.17. The fourth-order valence-corrected chi connectivity index (χ4v) is 2.74. The van der Waals surface area contributed by atoms with Crippen molar-refractivity contribution in [2.45, 2.75) is 19.8 Å². The quantitative estimate of drug-likeness (QED) is 0.908. The predicted molar refractivity (Wildman–Crippen MR) is 75.4 cm³/mol. The molecule has 1 N–H and O–H groups in total. The van der Waals surface area contributed by atoms with Gasteiger partial charge in [0.05, 0.1) is 17.4 Å². The van der Waals surface area contributed by atoms with Gasteiger partial charge in [-0.05, 0) is 38.0 Å². The van der Waals surface area contributed by atoms with Gasteiger partial charge in [0.2, 0.25) is 0 Å². The number of Topliss-reactive ketones (excluding diaryl/α,β-unsaturated/α-hetero) is 1. The van der Waals surface area contributed by atoms with Gasteiger partial charge in [-0.3, -0.25) is 9.59 Å². The zero-order chi connectivity index (χ0) is 14.1.